The lowest BCUT2D eigenvalue weighted by Gasteiger charge is -2.22. The van der Waals surface area contributed by atoms with Crippen molar-refractivity contribution in [3.8, 4) is 89.0 Å². The van der Waals surface area contributed by atoms with Crippen molar-refractivity contribution < 1.29 is 0 Å². The average molecular weight is 677 g/mol. The molecular weight excluding hydrogens is 641 g/mol. The lowest BCUT2D eigenvalue weighted by Crippen LogP contribution is -1.96. The molecule has 0 N–H and O–H groups in total. The lowest BCUT2D eigenvalue weighted by atomic mass is 9.81. The van der Waals surface area contributed by atoms with E-state index in [1.54, 1.807) is 0 Å². The van der Waals surface area contributed by atoms with Crippen molar-refractivity contribution in [1.82, 2.24) is 0 Å². The van der Waals surface area contributed by atoms with Crippen LogP contribution in [0.25, 0.3) is 89.0 Å². The van der Waals surface area contributed by atoms with Crippen LogP contribution in [0.2, 0.25) is 0 Å². The molecule has 8 aromatic rings. The Morgan fingerprint density at radius 2 is 0.180 bits per heavy atom. The molecule has 0 radical (unpaired) electrons. The van der Waals surface area contributed by atoms with E-state index < -0.39 is 0 Å². The molecule has 0 amide bonds. The van der Waals surface area contributed by atoms with Crippen molar-refractivity contribution in [3.63, 3.8) is 0 Å². The van der Waals surface area contributed by atoms with Crippen LogP contribution in [0.5, 0.6) is 0 Å². The second kappa shape index (κ2) is 14.1. The Hall–Kier alpha value is -5.54. The van der Waals surface area contributed by atoms with Gasteiger partial charge in [0.15, 0.2) is 0 Å². The van der Waals surface area contributed by atoms with E-state index in [9.17, 15) is 0 Å². The number of hydrogen-bond acceptors (Lipinski definition) is 0. The van der Waals surface area contributed by atoms with Gasteiger partial charge in [-0.2, -0.15) is 27.0 Å². The van der Waals surface area contributed by atoms with Crippen molar-refractivity contribution in [2.24, 2.45) is 0 Å². The van der Waals surface area contributed by atoms with Crippen LogP contribution >= 0.6 is 27.0 Å². The first-order chi connectivity index (χ1) is 23.9. The van der Waals surface area contributed by atoms with Crippen LogP contribution in [0.15, 0.2) is 194 Å². The van der Waals surface area contributed by atoms with Gasteiger partial charge in [0.1, 0.15) is 0 Å². The largest absolute Gasteiger partial charge is 0.197 e. The minimum absolute atomic E-state index is 0. The monoisotopic (exact) mass is 676 g/mol. The molecule has 2 heteroatoms. The summed E-state index contributed by atoms with van der Waals surface area (Å²) >= 11 is 0. The normalized spacial score (nSPS) is 10.9. The van der Waals surface area contributed by atoms with Gasteiger partial charge in [0, 0.05) is 0 Å². The summed E-state index contributed by atoms with van der Waals surface area (Å²) in [5, 5.41) is 0. The lowest BCUT2D eigenvalue weighted by molar-refractivity contribution is 1.52. The van der Waals surface area contributed by atoms with Crippen LogP contribution in [-0.2, 0) is 0 Å². The summed E-state index contributed by atoms with van der Waals surface area (Å²) in [6, 6.07) is 68.3. The van der Waals surface area contributed by atoms with Gasteiger partial charge in [0.2, 0.25) is 0 Å². The Labute approximate surface area is 308 Å². The second-order valence-electron chi connectivity index (χ2n) is 12.4. The summed E-state index contributed by atoms with van der Waals surface area (Å²) in [4.78, 5) is 0. The maximum absolute atomic E-state index is 2.18. The Bertz CT molecular complexity index is 1730. The van der Waals surface area contributed by atoms with Gasteiger partial charge in [-0.3, -0.25) is 0 Å². The highest BCUT2D eigenvalue weighted by Crippen LogP contribution is 2.48. The second-order valence-corrected chi connectivity index (χ2v) is 12.4. The summed E-state index contributed by atoms with van der Waals surface area (Å²) < 4.78 is 0. The predicted octanol–water partition coefficient (Wildman–Crippen LogP) is 13.6. The molecule has 0 saturated heterocycles. The number of rotatable bonds is 0. The Morgan fingerprint density at radius 1 is 0.120 bits per heavy atom. The maximum Gasteiger partial charge on any atom is -0.00990 e. The van der Waals surface area contributed by atoms with Gasteiger partial charge < -0.3 is 0 Å². The van der Waals surface area contributed by atoms with E-state index in [2.05, 4.69) is 194 Å². The highest BCUT2D eigenvalue weighted by atomic mass is 32.1. The molecule has 0 aliphatic heterocycles. The van der Waals surface area contributed by atoms with E-state index >= 15 is 0 Å². The first kappa shape index (κ1) is 33.0. The van der Waals surface area contributed by atoms with Crippen LogP contribution in [0, 0.1) is 0 Å². The molecule has 0 unspecified atom stereocenters. The number of fused-ring (bicyclic) bond motifs is 16. The van der Waals surface area contributed by atoms with Crippen molar-refractivity contribution in [1.29, 1.82) is 0 Å². The van der Waals surface area contributed by atoms with Crippen molar-refractivity contribution >= 4 is 27.0 Å². The first-order valence-corrected chi connectivity index (χ1v) is 16.6. The van der Waals surface area contributed by atoms with E-state index in [0.29, 0.717) is 0 Å². The van der Waals surface area contributed by atoms with Crippen LogP contribution in [-0.4, -0.2) is 0 Å². The third-order valence-corrected chi connectivity index (χ3v) is 9.74. The molecule has 0 spiro atoms. The average Bonchev–Trinajstić information content (AvgIpc) is 3.15. The van der Waals surface area contributed by atoms with Gasteiger partial charge in [-0.05, 0) is 89.0 Å². The molecule has 12 rings (SSSR count). The predicted molar refractivity (Wildman–Crippen MR) is 224 cm³/mol. The summed E-state index contributed by atoms with van der Waals surface area (Å²) in [6.45, 7) is 0. The third kappa shape index (κ3) is 5.57. The van der Waals surface area contributed by atoms with Gasteiger partial charge >= 0.3 is 0 Å². The van der Waals surface area contributed by atoms with E-state index in [1.807, 2.05) is 0 Å². The van der Waals surface area contributed by atoms with Gasteiger partial charge in [0.25, 0.3) is 0 Å². The molecule has 240 valence electrons. The van der Waals surface area contributed by atoms with Crippen molar-refractivity contribution in [3.05, 3.63) is 194 Å². The first-order valence-electron chi connectivity index (χ1n) is 16.6. The van der Waals surface area contributed by atoms with E-state index in [4.69, 9.17) is 0 Å². The van der Waals surface area contributed by atoms with Crippen LogP contribution in [0.4, 0.5) is 0 Å². The number of benzene rings is 8. The molecule has 4 aliphatic carbocycles. The van der Waals surface area contributed by atoms with Crippen molar-refractivity contribution in [2.45, 2.75) is 0 Å². The highest BCUT2D eigenvalue weighted by molar-refractivity contribution is 7.59. The summed E-state index contributed by atoms with van der Waals surface area (Å²) in [5.74, 6) is 0. The van der Waals surface area contributed by atoms with Crippen LogP contribution < -0.4 is 0 Å². The fourth-order valence-electron chi connectivity index (χ4n) is 7.37. The molecule has 0 bridgehead atoms. The van der Waals surface area contributed by atoms with Crippen LogP contribution in [0.3, 0.4) is 0 Å². The zero-order valence-corrected chi connectivity index (χ0v) is 29.5. The standard InChI is InChI=1S/4C12H8.2H2S/c4*1-2-6-10-9(5-1)11-7-3-4-8-12(10)11;;/h4*1-8H;2*1H2. The van der Waals surface area contributed by atoms with E-state index in [0.717, 1.165) is 0 Å². The van der Waals surface area contributed by atoms with Gasteiger partial charge in [0.05, 0.1) is 0 Å². The molecule has 0 fully saturated rings. The third-order valence-electron chi connectivity index (χ3n) is 9.74. The maximum atomic E-state index is 2.18. The molecule has 50 heavy (non-hydrogen) atoms. The molecular formula is C48H36S2. The smallest absolute Gasteiger partial charge is 0.00990 e. The zero-order chi connectivity index (χ0) is 31.9. The fraction of sp³-hybridized carbons (Fsp3) is 0. The fourth-order valence-corrected chi connectivity index (χ4v) is 7.37. The molecule has 0 atom stereocenters. The molecule has 0 aromatic heterocycles. The van der Waals surface area contributed by atoms with E-state index in [1.165, 1.54) is 89.0 Å². The summed E-state index contributed by atoms with van der Waals surface area (Å²) in [5.41, 5.74) is 22.3. The quantitative estimate of drug-likeness (QED) is 0.150. The number of hydrogen-bond donors (Lipinski definition) is 0. The molecule has 8 aromatic carbocycles. The summed E-state index contributed by atoms with van der Waals surface area (Å²) in [7, 11) is 0. The molecule has 0 saturated carbocycles. The Kier molecular flexibility index (Phi) is 9.32. The van der Waals surface area contributed by atoms with Gasteiger partial charge in [-0.1, -0.05) is 194 Å². The van der Waals surface area contributed by atoms with Gasteiger partial charge in [-0.25, -0.2) is 0 Å². The SMILES string of the molecule is S.S.c1ccc2c(c1)-c1ccccc1-2.c1ccc2c(c1)-c1ccccc1-2.c1ccc2c(c1)-c1ccccc1-2.c1ccc2c(c1)-c1ccccc1-2. The van der Waals surface area contributed by atoms with E-state index in [-0.39, 0.29) is 27.0 Å². The van der Waals surface area contributed by atoms with Crippen molar-refractivity contribution in [2.75, 3.05) is 0 Å². The Morgan fingerprint density at radius 3 is 0.240 bits per heavy atom. The van der Waals surface area contributed by atoms with Crippen LogP contribution in [0.1, 0.15) is 0 Å². The molecule has 0 nitrogen and oxygen atoms in total. The zero-order valence-electron chi connectivity index (χ0n) is 27.5. The topological polar surface area (TPSA) is 0 Å². The Balaban J connectivity index is 0.000000103. The minimum Gasteiger partial charge on any atom is -0.197 e. The minimum atomic E-state index is 0. The summed E-state index contributed by atoms with van der Waals surface area (Å²) in [6.07, 6.45) is 0. The highest BCUT2D eigenvalue weighted by Gasteiger charge is 2.22. The van der Waals surface area contributed by atoms with Gasteiger partial charge in [-0.15, -0.1) is 0 Å². The molecule has 0 heterocycles. The molecule has 4 aliphatic rings.